The smallest absolute Gasteiger partial charge is 0.198 e. The van der Waals surface area contributed by atoms with Crippen molar-refractivity contribution in [2.45, 2.75) is 6.42 Å². The predicted molar refractivity (Wildman–Crippen MR) is 36.0 cm³/mol. The fourth-order valence-electron chi connectivity index (χ4n) is 0.706. The van der Waals surface area contributed by atoms with Crippen molar-refractivity contribution in [2.75, 3.05) is 0 Å². The third-order valence-corrected chi connectivity index (χ3v) is 1.26. The van der Waals surface area contributed by atoms with Crippen molar-refractivity contribution in [3.05, 3.63) is 23.3 Å². The van der Waals surface area contributed by atoms with E-state index in [-0.39, 0.29) is 0 Å². The van der Waals surface area contributed by atoms with Crippen LogP contribution >= 0.6 is 0 Å². The van der Waals surface area contributed by atoms with Crippen LogP contribution in [0.4, 0.5) is 8.78 Å². The van der Waals surface area contributed by atoms with Crippen molar-refractivity contribution < 1.29 is 8.78 Å². The van der Waals surface area contributed by atoms with Crippen LogP contribution in [-0.2, 0) is 6.42 Å². The van der Waals surface area contributed by atoms with Crippen LogP contribution in [0.25, 0.3) is 0 Å². The lowest BCUT2D eigenvalue weighted by molar-refractivity contribution is 0.503. The summed E-state index contributed by atoms with van der Waals surface area (Å²) in [6.45, 7) is 0. The summed E-state index contributed by atoms with van der Waals surface area (Å²) >= 11 is 0. The van der Waals surface area contributed by atoms with Crippen molar-refractivity contribution in [3.63, 3.8) is 0 Å². The predicted octanol–water partition coefficient (Wildman–Crippen LogP) is 0.693. The van der Waals surface area contributed by atoms with E-state index in [0.29, 0.717) is 0 Å². The second-order valence-corrected chi connectivity index (χ2v) is 2.05. The SMILES string of the molecule is N#CCc1c(F)nc(C#N)nc1F. The van der Waals surface area contributed by atoms with Crippen LogP contribution in [0.1, 0.15) is 11.4 Å². The molecule has 0 saturated carbocycles. The van der Waals surface area contributed by atoms with Gasteiger partial charge in [0.15, 0.2) is 0 Å². The van der Waals surface area contributed by atoms with Gasteiger partial charge in [-0.3, -0.25) is 0 Å². The molecule has 0 unspecified atom stereocenters. The van der Waals surface area contributed by atoms with E-state index in [1.807, 2.05) is 0 Å². The van der Waals surface area contributed by atoms with E-state index in [4.69, 9.17) is 10.5 Å². The van der Waals surface area contributed by atoms with Crippen LogP contribution in [-0.4, -0.2) is 9.97 Å². The number of nitriles is 2. The summed E-state index contributed by atoms with van der Waals surface area (Å²) in [6, 6.07) is 2.95. The molecular weight excluding hydrogens is 178 g/mol. The summed E-state index contributed by atoms with van der Waals surface area (Å²) in [5.74, 6) is -2.91. The van der Waals surface area contributed by atoms with Gasteiger partial charge in [0, 0.05) is 0 Å². The maximum atomic E-state index is 12.8. The van der Waals surface area contributed by atoms with E-state index in [9.17, 15) is 8.78 Å². The molecule has 0 fully saturated rings. The van der Waals surface area contributed by atoms with Crippen LogP contribution in [0.15, 0.2) is 0 Å². The monoisotopic (exact) mass is 180 g/mol. The first kappa shape index (κ1) is 9.01. The van der Waals surface area contributed by atoms with Crippen LogP contribution in [0.5, 0.6) is 0 Å². The Bertz CT molecular complexity index is 392. The van der Waals surface area contributed by atoms with E-state index in [2.05, 4.69) is 9.97 Å². The van der Waals surface area contributed by atoms with Gasteiger partial charge >= 0.3 is 0 Å². The first-order valence-corrected chi connectivity index (χ1v) is 3.18. The van der Waals surface area contributed by atoms with E-state index in [1.54, 1.807) is 6.07 Å². The van der Waals surface area contributed by atoms with Gasteiger partial charge in [0.05, 0.1) is 18.1 Å². The minimum atomic E-state index is -1.16. The molecule has 64 valence electrons. The second kappa shape index (κ2) is 3.55. The molecule has 0 radical (unpaired) electrons. The summed E-state index contributed by atoms with van der Waals surface area (Å²) in [4.78, 5) is 6.08. The van der Waals surface area contributed by atoms with Crippen LogP contribution < -0.4 is 0 Å². The molecule has 6 heteroatoms. The van der Waals surface area contributed by atoms with Gasteiger partial charge in [-0.25, -0.2) is 0 Å². The van der Waals surface area contributed by atoms with Crippen molar-refractivity contribution in [1.29, 1.82) is 10.5 Å². The van der Waals surface area contributed by atoms with Gasteiger partial charge in [0.25, 0.3) is 0 Å². The van der Waals surface area contributed by atoms with E-state index in [1.165, 1.54) is 6.07 Å². The summed E-state index contributed by atoms with van der Waals surface area (Å²) in [5, 5.41) is 16.4. The quantitative estimate of drug-likeness (QED) is 0.596. The van der Waals surface area contributed by atoms with Gasteiger partial charge in [-0.05, 0) is 0 Å². The molecule has 1 aromatic heterocycles. The Morgan fingerprint density at radius 1 is 1.15 bits per heavy atom. The average molecular weight is 180 g/mol. The Labute approximate surface area is 72.1 Å². The average Bonchev–Trinajstić information content (AvgIpc) is 2.11. The molecule has 0 aliphatic heterocycles. The number of nitrogens with zero attached hydrogens (tertiary/aromatic N) is 4. The van der Waals surface area contributed by atoms with Gasteiger partial charge in [0.1, 0.15) is 6.07 Å². The highest BCUT2D eigenvalue weighted by Gasteiger charge is 2.13. The van der Waals surface area contributed by atoms with Crippen LogP contribution in [0.3, 0.4) is 0 Å². The lowest BCUT2D eigenvalue weighted by atomic mass is 10.2. The van der Waals surface area contributed by atoms with Crippen molar-refractivity contribution in [2.24, 2.45) is 0 Å². The van der Waals surface area contributed by atoms with Gasteiger partial charge < -0.3 is 0 Å². The molecule has 1 rings (SSSR count). The van der Waals surface area contributed by atoms with Crippen LogP contribution in [0, 0.1) is 34.6 Å². The van der Waals surface area contributed by atoms with Crippen molar-refractivity contribution >= 4 is 0 Å². The topological polar surface area (TPSA) is 73.4 Å². The fourth-order valence-corrected chi connectivity index (χ4v) is 0.706. The van der Waals surface area contributed by atoms with Gasteiger partial charge in [-0.15, -0.1) is 0 Å². The summed E-state index contributed by atoms with van der Waals surface area (Å²) in [5.41, 5.74) is -0.513. The fraction of sp³-hybridized carbons (Fsp3) is 0.143. The van der Waals surface area contributed by atoms with Gasteiger partial charge in [-0.2, -0.15) is 29.3 Å². The zero-order valence-electron chi connectivity index (χ0n) is 6.25. The van der Waals surface area contributed by atoms with Crippen LogP contribution in [0.2, 0.25) is 0 Å². The maximum Gasteiger partial charge on any atom is 0.237 e. The minimum absolute atomic E-state index is 0.455. The maximum absolute atomic E-state index is 12.8. The standard InChI is InChI=1S/C7H2F2N4/c8-6-4(1-2-10)7(9)13-5(3-11)12-6/h1H2. The normalized spacial score (nSPS) is 8.92. The molecule has 0 N–H and O–H groups in total. The molecule has 0 aliphatic carbocycles. The highest BCUT2D eigenvalue weighted by molar-refractivity contribution is 5.18. The number of aromatic nitrogens is 2. The highest BCUT2D eigenvalue weighted by Crippen LogP contribution is 2.08. The molecule has 0 aliphatic rings. The number of halogens is 2. The first-order chi connectivity index (χ1) is 6.19. The molecule has 1 aromatic rings. The van der Waals surface area contributed by atoms with Gasteiger partial charge in [-0.1, -0.05) is 0 Å². The lowest BCUT2D eigenvalue weighted by Gasteiger charge is -1.97. The largest absolute Gasteiger partial charge is 0.237 e. The number of hydrogen-bond acceptors (Lipinski definition) is 4. The third kappa shape index (κ3) is 1.74. The second-order valence-electron chi connectivity index (χ2n) is 2.05. The molecule has 13 heavy (non-hydrogen) atoms. The van der Waals surface area contributed by atoms with Crippen molar-refractivity contribution in [3.8, 4) is 12.1 Å². The molecule has 0 spiro atoms. The first-order valence-electron chi connectivity index (χ1n) is 3.18. The van der Waals surface area contributed by atoms with Gasteiger partial charge in [0.2, 0.25) is 17.7 Å². The molecule has 0 amide bonds. The Kier molecular flexibility index (Phi) is 2.46. The minimum Gasteiger partial charge on any atom is -0.198 e. The summed E-state index contributed by atoms with van der Waals surface area (Å²) in [6.07, 6.45) is -0.455. The third-order valence-electron chi connectivity index (χ3n) is 1.26. The van der Waals surface area contributed by atoms with E-state index < -0.39 is 29.7 Å². The molecule has 0 atom stereocenters. The Morgan fingerprint density at radius 3 is 2.08 bits per heavy atom. The molecule has 1 heterocycles. The zero-order valence-corrected chi connectivity index (χ0v) is 6.25. The van der Waals surface area contributed by atoms with Crippen molar-refractivity contribution in [1.82, 2.24) is 9.97 Å². The molecule has 0 aromatic carbocycles. The Morgan fingerprint density at radius 2 is 1.69 bits per heavy atom. The number of rotatable bonds is 1. The molecule has 0 bridgehead atoms. The Balaban J connectivity index is 3.26. The molecule has 0 saturated heterocycles. The Hall–Kier alpha value is -2.08. The van der Waals surface area contributed by atoms with E-state index in [0.717, 1.165) is 0 Å². The lowest BCUT2D eigenvalue weighted by Crippen LogP contribution is -2.04. The van der Waals surface area contributed by atoms with E-state index >= 15 is 0 Å². The zero-order chi connectivity index (χ0) is 9.84. The highest BCUT2D eigenvalue weighted by atomic mass is 19.1. The summed E-state index contributed by atoms with van der Waals surface area (Å²) < 4.78 is 25.6. The number of hydrogen-bond donors (Lipinski definition) is 0. The molecular formula is C7H2F2N4. The summed E-state index contributed by atoms with van der Waals surface area (Å²) in [7, 11) is 0. The molecule has 4 nitrogen and oxygen atoms in total.